The average molecular weight is 302 g/mol. The van der Waals surface area contributed by atoms with Crippen LogP contribution in [-0.4, -0.2) is 42.3 Å². The van der Waals surface area contributed by atoms with Crippen molar-refractivity contribution in [3.05, 3.63) is 35.9 Å². The number of hydrogen-bond donors (Lipinski definition) is 1. The molecule has 1 aromatic rings. The van der Waals surface area contributed by atoms with E-state index in [9.17, 15) is 9.59 Å². The van der Waals surface area contributed by atoms with Gasteiger partial charge in [0, 0.05) is 0 Å². The molecule has 1 unspecified atom stereocenters. The molecule has 0 radical (unpaired) electrons. The van der Waals surface area contributed by atoms with Crippen LogP contribution in [0, 0.1) is 0 Å². The molecule has 120 valence electrons. The predicted octanol–water partition coefficient (Wildman–Crippen LogP) is 2.18. The Balaban J connectivity index is 1.87. The number of carbonyl (C=O) groups excluding carboxylic acids is 2. The van der Waals surface area contributed by atoms with E-state index in [1.54, 1.807) is 6.92 Å². The van der Waals surface area contributed by atoms with Crippen LogP contribution in [0.3, 0.4) is 0 Å². The third kappa shape index (κ3) is 5.60. The molecule has 1 amide bonds. The zero-order chi connectivity index (χ0) is 15.8. The molecule has 4 heteroatoms. The molecule has 2 rings (SSSR count). The van der Waals surface area contributed by atoms with Crippen molar-refractivity contribution in [2.75, 3.05) is 19.6 Å². The van der Waals surface area contributed by atoms with Crippen LogP contribution in [0.15, 0.2) is 30.3 Å². The molecule has 1 heterocycles. The van der Waals surface area contributed by atoms with Gasteiger partial charge in [-0.25, -0.2) is 0 Å². The largest absolute Gasteiger partial charge is 0.345 e. The van der Waals surface area contributed by atoms with Crippen LogP contribution in [-0.2, 0) is 16.0 Å². The number of nitrogens with zero attached hydrogens (tertiary/aromatic N) is 1. The number of amides is 1. The number of ketones is 1. The minimum atomic E-state index is -0.429. The van der Waals surface area contributed by atoms with Gasteiger partial charge in [-0.15, -0.1) is 0 Å². The highest BCUT2D eigenvalue weighted by Crippen LogP contribution is 2.09. The molecule has 1 aliphatic heterocycles. The molecular weight excluding hydrogens is 276 g/mol. The molecule has 0 aromatic heterocycles. The van der Waals surface area contributed by atoms with Crippen molar-refractivity contribution in [3.63, 3.8) is 0 Å². The summed E-state index contributed by atoms with van der Waals surface area (Å²) in [5.41, 5.74) is 1.07. The lowest BCUT2D eigenvalue weighted by atomic mass is 10.0. The number of likely N-dealkylation sites (tertiary alicyclic amines) is 1. The van der Waals surface area contributed by atoms with E-state index < -0.39 is 6.04 Å². The van der Waals surface area contributed by atoms with Gasteiger partial charge in [-0.1, -0.05) is 43.2 Å². The van der Waals surface area contributed by atoms with Crippen molar-refractivity contribution in [1.29, 1.82) is 0 Å². The molecule has 1 atom stereocenters. The van der Waals surface area contributed by atoms with Crippen LogP contribution < -0.4 is 5.32 Å². The van der Waals surface area contributed by atoms with Crippen molar-refractivity contribution < 1.29 is 9.59 Å². The number of rotatable bonds is 6. The first-order valence-corrected chi connectivity index (χ1v) is 8.21. The van der Waals surface area contributed by atoms with E-state index in [0.29, 0.717) is 13.0 Å². The number of Topliss-reactive ketones (excluding diaryl/α,β-unsaturated/α-hetero) is 1. The van der Waals surface area contributed by atoms with Gasteiger partial charge in [0.25, 0.3) is 0 Å². The lowest BCUT2D eigenvalue weighted by molar-refractivity contribution is -0.127. The second-order valence-electron chi connectivity index (χ2n) is 6.11. The fraction of sp³-hybridized carbons (Fsp3) is 0.556. The van der Waals surface area contributed by atoms with E-state index in [4.69, 9.17) is 0 Å². The van der Waals surface area contributed by atoms with E-state index in [0.717, 1.165) is 31.5 Å². The molecule has 0 saturated carbocycles. The topological polar surface area (TPSA) is 49.4 Å². The Morgan fingerprint density at radius 3 is 2.32 bits per heavy atom. The number of benzene rings is 1. The first kappa shape index (κ1) is 16.7. The summed E-state index contributed by atoms with van der Waals surface area (Å²) < 4.78 is 0. The number of hydrogen-bond acceptors (Lipinski definition) is 3. The van der Waals surface area contributed by atoms with Crippen molar-refractivity contribution in [2.45, 2.75) is 45.1 Å². The Kier molecular flexibility index (Phi) is 6.59. The Bertz CT molecular complexity index is 479. The Labute approximate surface area is 132 Å². The van der Waals surface area contributed by atoms with Crippen molar-refractivity contribution >= 4 is 11.7 Å². The molecular formula is C18H26N2O2. The maximum Gasteiger partial charge on any atom is 0.234 e. The maximum atomic E-state index is 12.2. The summed E-state index contributed by atoms with van der Waals surface area (Å²) in [6.45, 7) is 3.91. The summed E-state index contributed by atoms with van der Waals surface area (Å²) in [6.07, 6.45) is 5.38. The summed E-state index contributed by atoms with van der Waals surface area (Å²) >= 11 is 0. The van der Waals surface area contributed by atoms with Gasteiger partial charge < -0.3 is 5.32 Å². The quantitative estimate of drug-likeness (QED) is 0.876. The minimum absolute atomic E-state index is 0.00747. The highest BCUT2D eigenvalue weighted by Gasteiger charge is 2.19. The van der Waals surface area contributed by atoms with Gasteiger partial charge in [0.05, 0.1) is 12.6 Å². The SMILES string of the molecule is CC(=O)C(Cc1ccccc1)NC(=O)CN1CCCCCC1. The molecule has 0 bridgehead atoms. The predicted molar refractivity (Wildman–Crippen MR) is 87.7 cm³/mol. The highest BCUT2D eigenvalue weighted by molar-refractivity contribution is 5.88. The Morgan fingerprint density at radius 1 is 1.09 bits per heavy atom. The standard InChI is InChI=1S/C18H26N2O2/c1-15(21)17(13-16-9-5-4-6-10-16)19-18(22)14-20-11-7-2-3-8-12-20/h4-6,9-10,17H,2-3,7-8,11-14H2,1H3,(H,19,22). The second kappa shape index (κ2) is 8.69. The molecule has 0 spiro atoms. The van der Waals surface area contributed by atoms with Gasteiger partial charge in [0.1, 0.15) is 0 Å². The second-order valence-corrected chi connectivity index (χ2v) is 6.11. The fourth-order valence-electron chi connectivity index (χ4n) is 2.88. The van der Waals surface area contributed by atoms with Gasteiger partial charge >= 0.3 is 0 Å². The van der Waals surface area contributed by atoms with Gasteiger partial charge in [0.15, 0.2) is 5.78 Å². The zero-order valence-electron chi connectivity index (χ0n) is 13.4. The lowest BCUT2D eigenvalue weighted by Gasteiger charge is -2.21. The molecule has 1 fully saturated rings. The molecule has 1 saturated heterocycles. The summed E-state index contributed by atoms with van der Waals surface area (Å²) in [5.74, 6) is -0.0360. The van der Waals surface area contributed by atoms with E-state index in [1.165, 1.54) is 12.8 Å². The maximum absolute atomic E-state index is 12.2. The molecule has 4 nitrogen and oxygen atoms in total. The van der Waals surface area contributed by atoms with Gasteiger partial charge in [-0.3, -0.25) is 14.5 Å². The molecule has 1 aromatic carbocycles. The summed E-state index contributed by atoms with van der Waals surface area (Å²) in [4.78, 5) is 26.2. The van der Waals surface area contributed by atoms with Crippen molar-refractivity contribution in [2.24, 2.45) is 0 Å². The summed E-state index contributed by atoms with van der Waals surface area (Å²) in [6, 6.07) is 9.39. The van der Waals surface area contributed by atoms with Gasteiger partial charge in [-0.2, -0.15) is 0 Å². The Hall–Kier alpha value is -1.68. The first-order valence-electron chi connectivity index (χ1n) is 8.21. The van der Waals surface area contributed by atoms with Crippen LogP contribution in [0.5, 0.6) is 0 Å². The molecule has 1 N–H and O–H groups in total. The van der Waals surface area contributed by atoms with E-state index >= 15 is 0 Å². The molecule has 0 aliphatic carbocycles. The van der Waals surface area contributed by atoms with Gasteiger partial charge in [-0.05, 0) is 44.8 Å². The summed E-state index contributed by atoms with van der Waals surface area (Å²) in [5, 5.41) is 2.90. The van der Waals surface area contributed by atoms with E-state index in [2.05, 4.69) is 10.2 Å². The third-order valence-electron chi connectivity index (χ3n) is 4.17. The third-order valence-corrected chi connectivity index (χ3v) is 4.17. The first-order chi connectivity index (χ1) is 10.6. The van der Waals surface area contributed by atoms with Crippen LogP contribution in [0.4, 0.5) is 0 Å². The number of nitrogens with one attached hydrogen (secondary N) is 1. The van der Waals surface area contributed by atoms with E-state index in [-0.39, 0.29) is 11.7 Å². The monoisotopic (exact) mass is 302 g/mol. The molecule has 22 heavy (non-hydrogen) atoms. The highest BCUT2D eigenvalue weighted by atomic mass is 16.2. The fourth-order valence-corrected chi connectivity index (χ4v) is 2.88. The van der Waals surface area contributed by atoms with Crippen LogP contribution in [0.25, 0.3) is 0 Å². The van der Waals surface area contributed by atoms with Gasteiger partial charge in [0.2, 0.25) is 5.91 Å². The average Bonchev–Trinajstić information content (AvgIpc) is 2.76. The number of carbonyl (C=O) groups is 2. The molecule has 1 aliphatic rings. The van der Waals surface area contributed by atoms with Crippen molar-refractivity contribution in [1.82, 2.24) is 10.2 Å². The normalized spacial score (nSPS) is 17.5. The zero-order valence-corrected chi connectivity index (χ0v) is 13.4. The van der Waals surface area contributed by atoms with Crippen LogP contribution in [0.1, 0.15) is 38.2 Å². The van der Waals surface area contributed by atoms with Crippen molar-refractivity contribution in [3.8, 4) is 0 Å². The Morgan fingerprint density at radius 2 is 1.73 bits per heavy atom. The van der Waals surface area contributed by atoms with E-state index in [1.807, 2.05) is 30.3 Å². The van der Waals surface area contributed by atoms with Crippen LogP contribution >= 0.6 is 0 Å². The lowest BCUT2D eigenvalue weighted by Crippen LogP contribution is -2.46. The minimum Gasteiger partial charge on any atom is -0.345 e. The van der Waals surface area contributed by atoms with Crippen LogP contribution in [0.2, 0.25) is 0 Å². The summed E-state index contributed by atoms with van der Waals surface area (Å²) in [7, 11) is 0. The smallest absolute Gasteiger partial charge is 0.234 e.